The summed E-state index contributed by atoms with van der Waals surface area (Å²) in [6.07, 6.45) is 12.5. The lowest BCUT2D eigenvalue weighted by molar-refractivity contribution is -0.156. The SMILES string of the molecule is O=Cc1ccccc1CCCOC[C@@H]1C2CCC([C@@H](COCCCc3ccccc3C=O)[C@H]2COCCCc2ccccc2C=O)[C@@H]1COCCCc1ccccc1C=O. The van der Waals surface area contributed by atoms with Crippen LogP contribution in [0.25, 0.3) is 0 Å². The quantitative estimate of drug-likeness (QED) is 0.0413. The second-order valence-electron chi connectivity index (χ2n) is 16.5. The molecule has 0 aliphatic heterocycles. The van der Waals surface area contributed by atoms with Gasteiger partial charge in [0.2, 0.25) is 0 Å². The first kappa shape index (κ1) is 44.9. The molecule has 0 radical (unpaired) electrons. The molecule has 6 atom stereocenters. The fourth-order valence-corrected chi connectivity index (χ4v) is 9.98. The number of carbonyl (C=O) groups excluding carboxylic acids is 4. The minimum absolute atomic E-state index is 0.311. The number of benzene rings is 4. The Labute approximate surface area is 356 Å². The maximum atomic E-state index is 11.6. The molecule has 0 amide bonds. The molecule has 2 unspecified atom stereocenters. The summed E-state index contributed by atoms with van der Waals surface area (Å²) in [7, 11) is 0. The molecule has 0 aromatic heterocycles. The first-order chi connectivity index (χ1) is 29.6. The van der Waals surface area contributed by atoms with E-state index in [0.717, 1.165) is 134 Å². The largest absolute Gasteiger partial charge is 0.381 e. The number of ether oxygens (including phenoxy) is 4. The molecular formula is C52H62O8. The molecule has 60 heavy (non-hydrogen) atoms. The summed E-state index contributed by atoms with van der Waals surface area (Å²) in [6, 6.07) is 31.1. The summed E-state index contributed by atoms with van der Waals surface area (Å²) < 4.78 is 26.1. The number of carbonyl (C=O) groups is 4. The van der Waals surface area contributed by atoms with Crippen molar-refractivity contribution in [2.45, 2.75) is 64.2 Å². The van der Waals surface area contributed by atoms with Crippen LogP contribution in [0.4, 0.5) is 0 Å². The Bertz CT molecular complexity index is 1670. The van der Waals surface area contributed by atoms with Crippen LogP contribution in [0.1, 0.15) is 102 Å². The van der Waals surface area contributed by atoms with E-state index in [2.05, 4.69) is 0 Å². The van der Waals surface area contributed by atoms with Crippen molar-refractivity contribution in [2.24, 2.45) is 35.5 Å². The van der Waals surface area contributed by atoms with Crippen molar-refractivity contribution in [2.75, 3.05) is 52.9 Å². The lowest BCUT2D eigenvalue weighted by Gasteiger charge is -2.57. The van der Waals surface area contributed by atoms with Gasteiger partial charge in [-0.1, -0.05) is 97.1 Å². The maximum Gasteiger partial charge on any atom is 0.150 e. The molecule has 4 aromatic rings. The van der Waals surface area contributed by atoms with Gasteiger partial charge < -0.3 is 18.9 Å². The number of fused-ring (bicyclic) bond motifs is 3. The van der Waals surface area contributed by atoms with Crippen LogP contribution in [0, 0.1) is 35.5 Å². The van der Waals surface area contributed by atoms with Crippen molar-refractivity contribution in [3.05, 3.63) is 142 Å². The van der Waals surface area contributed by atoms with E-state index in [9.17, 15) is 19.2 Å². The molecule has 0 saturated heterocycles. The van der Waals surface area contributed by atoms with Crippen molar-refractivity contribution >= 4 is 25.1 Å². The maximum absolute atomic E-state index is 11.6. The molecule has 3 saturated carbocycles. The topological polar surface area (TPSA) is 105 Å². The molecule has 8 nitrogen and oxygen atoms in total. The summed E-state index contributed by atoms with van der Waals surface area (Å²) >= 11 is 0. The average molecular weight is 815 g/mol. The van der Waals surface area contributed by atoms with Gasteiger partial charge in [-0.25, -0.2) is 0 Å². The smallest absolute Gasteiger partial charge is 0.150 e. The third kappa shape index (κ3) is 12.5. The Morgan fingerprint density at radius 1 is 0.367 bits per heavy atom. The predicted octanol–water partition coefficient (Wildman–Crippen LogP) is 9.34. The molecule has 0 heterocycles. The van der Waals surface area contributed by atoms with Gasteiger partial charge in [-0.3, -0.25) is 19.2 Å². The second kappa shape index (κ2) is 24.6. The van der Waals surface area contributed by atoms with Crippen LogP contribution >= 0.6 is 0 Å². The standard InChI is InChI=1S/C52H62O8/c53-31-43-17-5-1-13-39(43)21-9-27-57-35-49-47-25-26-48(50(49)36-58-28-10-22-40-14-2-6-18-44(40)32-54)52(38-60-30-12-24-42-16-4-8-20-46(42)34-56)51(47)37-59-29-11-23-41-15-3-7-19-45(41)33-55/h1-8,13-20,31-34,47-52H,9-12,21-30,35-38H2/t47?,48?,49-,50+,51+,52-. The minimum Gasteiger partial charge on any atom is -0.381 e. The van der Waals surface area contributed by atoms with Crippen LogP contribution in [0.3, 0.4) is 0 Å². The van der Waals surface area contributed by atoms with E-state index in [0.29, 0.717) is 88.4 Å². The molecular weight excluding hydrogens is 753 g/mol. The molecule has 4 aromatic carbocycles. The van der Waals surface area contributed by atoms with Crippen molar-refractivity contribution < 1.29 is 38.1 Å². The molecule has 3 aliphatic rings. The summed E-state index contributed by atoms with van der Waals surface area (Å²) in [5.74, 6) is 2.03. The van der Waals surface area contributed by atoms with E-state index in [-0.39, 0.29) is 0 Å². The van der Waals surface area contributed by atoms with Gasteiger partial charge in [0.25, 0.3) is 0 Å². The Hall–Kier alpha value is -4.60. The number of hydrogen-bond acceptors (Lipinski definition) is 8. The Kier molecular flexibility index (Phi) is 18.4. The molecule has 318 valence electrons. The number of aldehydes is 4. The van der Waals surface area contributed by atoms with Gasteiger partial charge in [-0.2, -0.15) is 0 Å². The van der Waals surface area contributed by atoms with Crippen LogP contribution in [-0.2, 0) is 44.6 Å². The number of rotatable bonds is 28. The van der Waals surface area contributed by atoms with Gasteiger partial charge in [-0.05, 0) is 122 Å². The van der Waals surface area contributed by atoms with E-state index in [1.807, 2.05) is 97.1 Å². The van der Waals surface area contributed by atoms with Crippen molar-refractivity contribution in [3.63, 3.8) is 0 Å². The van der Waals surface area contributed by atoms with E-state index in [1.165, 1.54) is 0 Å². The third-order valence-corrected chi connectivity index (χ3v) is 13.0. The van der Waals surface area contributed by atoms with Crippen LogP contribution in [-0.4, -0.2) is 78.0 Å². The van der Waals surface area contributed by atoms with E-state index in [1.54, 1.807) is 0 Å². The zero-order valence-electron chi connectivity index (χ0n) is 35.0. The van der Waals surface area contributed by atoms with E-state index >= 15 is 0 Å². The fourth-order valence-electron chi connectivity index (χ4n) is 9.98. The highest BCUT2D eigenvalue weighted by Gasteiger charge is 2.53. The highest BCUT2D eigenvalue weighted by Crippen LogP contribution is 2.55. The minimum atomic E-state index is 0.311. The van der Waals surface area contributed by atoms with Gasteiger partial charge in [-0.15, -0.1) is 0 Å². The highest BCUT2D eigenvalue weighted by molar-refractivity contribution is 5.78. The Morgan fingerprint density at radius 3 is 0.833 bits per heavy atom. The molecule has 3 aliphatic carbocycles. The fraction of sp³-hybridized carbons (Fsp3) is 0.462. The summed E-state index contributed by atoms with van der Waals surface area (Å²) in [5, 5.41) is 0. The summed E-state index contributed by atoms with van der Waals surface area (Å²) in [5.41, 5.74) is 7.17. The van der Waals surface area contributed by atoms with Crippen LogP contribution in [0.5, 0.6) is 0 Å². The van der Waals surface area contributed by atoms with Gasteiger partial charge in [0.05, 0.1) is 26.4 Å². The first-order valence-electron chi connectivity index (χ1n) is 22.1. The van der Waals surface area contributed by atoms with E-state index < -0.39 is 0 Å². The second-order valence-corrected chi connectivity index (χ2v) is 16.5. The van der Waals surface area contributed by atoms with Crippen LogP contribution in [0.15, 0.2) is 97.1 Å². The van der Waals surface area contributed by atoms with Gasteiger partial charge in [0.15, 0.2) is 0 Å². The highest BCUT2D eigenvalue weighted by atomic mass is 16.5. The van der Waals surface area contributed by atoms with Gasteiger partial charge in [0, 0.05) is 48.7 Å². The Morgan fingerprint density at radius 2 is 0.600 bits per heavy atom. The summed E-state index contributed by atoms with van der Waals surface area (Å²) in [6.45, 7) is 5.09. The van der Waals surface area contributed by atoms with Crippen molar-refractivity contribution in [1.82, 2.24) is 0 Å². The zero-order chi connectivity index (χ0) is 41.8. The third-order valence-electron chi connectivity index (χ3n) is 13.0. The van der Waals surface area contributed by atoms with Crippen LogP contribution in [0.2, 0.25) is 0 Å². The van der Waals surface area contributed by atoms with Gasteiger partial charge in [0.1, 0.15) is 25.1 Å². The summed E-state index contributed by atoms with van der Waals surface area (Å²) in [4.78, 5) is 46.4. The predicted molar refractivity (Wildman–Crippen MR) is 234 cm³/mol. The molecule has 0 N–H and O–H groups in total. The molecule has 8 heteroatoms. The number of aryl methyl sites for hydroxylation is 4. The zero-order valence-corrected chi connectivity index (χ0v) is 35.0. The molecule has 7 rings (SSSR count). The van der Waals surface area contributed by atoms with Gasteiger partial charge >= 0.3 is 0 Å². The Balaban J connectivity index is 1.11. The number of hydrogen-bond donors (Lipinski definition) is 0. The van der Waals surface area contributed by atoms with Crippen molar-refractivity contribution in [3.8, 4) is 0 Å². The van der Waals surface area contributed by atoms with E-state index in [4.69, 9.17) is 18.9 Å². The lowest BCUT2D eigenvalue weighted by atomic mass is 9.50. The molecule has 0 spiro atoms. The monoisotopic (exact) mass is 814 g/mol. The van der Waals surface area contributed by atoms with Crippen LogP contribution < -0.4 is 0 Å². The molecule has 2 bridgehead atoms. The molecule has 3 fully saturated rings. The average Bonchev–Trinajstić information content (AvgIpc) is 3.29. The van der Waals surface area contributed by atoms with Crippen molar-refractivity contribution in [1.29, 1.82) is 0 Å². The lowest BCUT2D eigenvalue weighted by Crippen LogP contribution is -2.56. The normalized spacial score (nSPS) is 20.8. The first-order valence-corrected chi connectivity index (χ1v) is 22.1.